The highest BCUT2D eigenvalue weighted by Gasteiger charge is 2.05. The van der Waals surface area contributed by atoms with E-state index in [0.717, 1.165) is 10.0 Å². The first-order valence-corrected chi connectivity index (χ1v) is 9.85. The van der Waals surface area contributed by atoms with E-state index in [1.54, 1.807) is 48.5 Å². The Morgan fingerprint density at radius 1 is 0.966 bits per heavy atom. The van der Waals surface area contributed by atoms with Crippen molar-refractivity contribution >= 4 is 27.6 Å². The van der Waals surface area contributed by atoms with Gasteiger partial charge in [-0.05, 0) is 54.4 Å². The maximum atomic E-state index is 14.0. The number of aromatic hydroxyl groups is 2. The number of aliphatic imine (C=N–C) groups is 1. The topological polar surface area (TPSA) is 76.9 Å². The average Bonchev–Trinajstić information content (AvgIpc) is 2.70. The molecular weight excluding hydrogens is 437 g/mol. The minimum Gasteiger partial charge on any atom is -0.508 e. The van der Waals surface area contributed by atoms with E-state index in [-0.39, 0.29) is 23.9 Å². The van der Waals surface area contributed by atoms with Crippen LogP contribution in [0.1, 0.15) is 11.1 Å². The number of rotatable bonds is 6. The van der Waals surface area contributed by atoms with Crippen molar-refractivity contribution in [3.05, 3.63) is 88.1 Å². The summed E-state index contributed by atoms with van der Waals surface area (Å²) in [6.07, 6.45) is 0.715. The summed E-state index contributed by atoms with van der Waals surface area (Å²) in [4.78, 5) is 4.48. The Morgan fingerprint density at radius 3 is 2.52 bits per heavy atom. The second-order valence-electron chi connectivity index (χ2n) is 6.42. The van der Waals surface area contributed by atoms with Crippen LogP contribution in [0.3, 0.4) is 0 Å². The molecule has 29 heavy (non-hydrogen) atoms. The van der Waals surface area contributed by atoms with E-state index >= 15 is 0 Å². The molecule has 0 saturated carbocycles. The second kappa shape index (κ2) is 9.93. The molecule has 4 N–H and O–H groups in total. The molecule has 150 valence electrons. The van der Waals surface area contributed by atoms with Gasteiger partial charge in [0.15, 0.2) is 5.96 Å². The molecule has 0 aliphatic rings. The van der Waals surface area contributed by atoms with Gasteiger partial charge in [-0.25, -0.2) is 9.38 Å². The van der Waals surface area contributed by atoms with Crippen molar-refractivity contribution in [3.63, 3.8) is 0 Å². The number of phenols is 2. The Labute approximate surface area is 177 Å². The van der Waals surface area contributed by atoms with Crippen LogP contribution in [0.2, 0.25) is 0 Å². The van der Waals surface area contributed by atoms with Crippen LogP contribution in [0.4, 0.5) is 10.1 Å². The van der Waals surface area contributed by atoms with Gasteiger partial charge in [-0.3, -0.25) is 0 Å². The summed E-state index contributed by atoms with van der Waals surface area (Å²) >= 11 is 3.35. The fourth-order valence-corrected chi connectivity index (χ4v) is 3.09. The zero-order valence-electron chi connectivity index (χ0n) is 15.6. The van der Waals surface area contributed by atoms with Crippen LogP contribution in [-0.4, -0.2) is 22.7 Å². The molecule has 0 radical (unpaired) electrons. The fourth-order valence-electron chi connectivity index (χ4n) is 2.68. The summed E-state index contributed by atoms with van der Waals surface area (Å²) in [6.45, 7) is 0.731. The van der Waals surface area contributed by atoms with Crippen LogP contribution in [0.25, 0.3) is 0 Å². The minimum atomic E-state index is -0.322. The molecule has 0 saturated heterocycles. The quantitative estimate of drug-likeness (QED) is 0.316. The van der Waals surface area contributed by atoms with Crippen molar-refractivity contribution in [3.8, 4) is 11.5 Å². The lowest BCUT2D eigenvalue weighted by atomic mass is 10.1. The molecule has 0 unspecified atom stereocenters. The number of nitrogens with one attached hydrogen (secondary N) is 2. The van der Waals surface area contributed by atoms with Crippen LogP contribution in [0.5, 0.6) is 11.5 Å². The molecular formula is C22H21BrFN3O2. The van der Waals surface area contributed by atoms with Gasteiger partial charge in [0.25, 0.3) is 0 Å². The van der Waals surface area contributed by atoms with Crippen molar-refractivity contribution in [1.29, 1.82) is 0 Å². The summed E-state index contributed by atoms with van der Waals surface area (Å²) in [5.74, 6) is 0.508. The third-order valence-electron chi connectivity index (χ3n) is 4.17. The Balaban J connectivity index is 1.71. The zero-order chi connectivity index (χ0) is 20.6. The lowest BCUT2D eigenvalue weighted by Gasteiger charge is -2.13. The number of benzene rings is 3. The molecule has 0 amide bonds. The average molecular weight is 458 g/mol. The highest BCUT2D eigenvalue weighted by Crippen LogP contribution is 2.18. The van der Waals surface area contributed by atoms with E-state index in [2.05, 4.69) is 31.6 Å². The molecule has 0 bridgehead atoms. The van der Waals surface area contributed by atoms with Crippen molar-refractivity contribution < 1.29 is 14.6 Å². The zero-order valence-corrected chi connectivity index (χ0v) is 17.2. The molecule has 3 rings (SSSR count). The highest BCUT2D eigenvalue weighted by molar-refractivity contribution is 9.10. The molecule has 0 atom stereocenters. The first-order chi connectivity index (χ1) is 14.0. The van der Waals surface area contributed by atoms with Gasteiger partial charge in [0.2, 0.25) is 0 Å². The SMILES string of the molecule is Oc1ccc(CCNC(=NCc2cc(Br)ccc2F)Nc2cccc(O)c2)cc1. The first-order valence-electron chi connectivity index (χ1n) is 9.06. The van der Waals surface area contributed by atoms with Crippen LogP contribution in [-0.2, 0) is 13.0 Å². The van der Waals surface area contributed by atoms with Gasteiger partial charge in [0, 0.05) is 28.3 Å². The smallest absolute Gasteiger partial charge is 0.196 e. The van der Waals surface area contributed by atoms with Crippen LogP contribution >= 0.6 is 15.9 Å². The fraction of sp³-hybridized carbons (Fsp3) is 0.136. The number of phenolic OH excluding ortho intramolecular Hbond substituents is 2. The largest absolute Gasteiger partial charge is 0.508 e. The summed E-state index contributed by atoms with van der Waals surface area (Å²) in [5.41, 5.74) is 2.19. The number of nitrogens with zero attached hydrogens (tertiary/aromatic N) is 1. The van der Waals surface area contributed by atoms with Gasteiger partial charge < -0.3 is 20.8 Å². The summed E-state index contributed by atoms with van der Waals surface area (Å²) in [5, 5.41) is 25.4. The van der Waals surface area contributed by atoms with Crippen LogP contribution in [0.15, 0.2) is 76.2 Å². The standard InChI is InChI=1S/C22H21BrFN3O2/c23-17-6-9-21(24)16(12-17)14-26-22(27-18-2-1-3-20(29)13-18)25-11-10-15-4-7-19(28)8-5-15/h1-9,12-13,28-29H,10-11,14H2,(H2,25,26,27). The van der Waals surface area contributed by atoms with E-state index < -0.39 is 0 Å². The van der Waals surface area contributed by atoms with Gasteiger partial charge in [-0.15, -0.1) is 0 Å². The Kier molecular flexibility index (Phi) is 7.08. The minimum absolute atomic E-state index is 0.136. The van der Waals surface area contributed by atoms with Crippen LogP contribution < -0.4 is 10.6 Å². The normalized spacial score (nSPS) is 11.3. The number of guanidine groups is 1. The molecule has 7 heteroatoms. The third kappa shape index (κ3) is 6.50. The first kappa shape index (κ1) is 20.7. The lowest BCUT2D eigenvalue weighted by molar-refractivity contribution is 0.474. The molecule has 0 spiro atoms. The van der Waals surface area contributed by atoms with Crippen molar-refractivity contribution in [2.45, 2.75) is 13.0 Å². The molecule has 3 aromatic rings. The Hall–Kier alpha value is -3.06. The third-order valence-corrected chi connectivity index (χ3v) is 4.66. The molecule has 0 heterocycles. The predicted molar refractivity (Wildman–Crippen MR) is 117 cm³/mol. The highest BCUT2D eigenvalue weighted by atomic mass is 79.9. The summed E-state index contributed by atoms with van der Waals surface area (Å²) in [7, 11) is 0. The predicted octanol–water partition coefficient (Wildman–Crippen LogP) is 4.80. The molecule has 5 nitrogen and oxygen atoms in total. The Bertz CT molecular complexity index is 994. The van der Waals surface area contributed by atoms with Crippen molar-refractivity contribution in [1.82, 2.24) is 5.32 Å². The molecule has 3 aromatic carbocycles. The van der Waals surface area contributed by atoms with Crippen molar-refractivity contribution in [2.75, 3.05) is 11.9 Å². The van der Waals surface area contributed by atoms with E-state index in [0.29, 0.717) is 30.2 Å². The molecule has 0 aliphatic carbocycles. The summed E-state index contributed by atoms with van der Waals surface area (Å²) in [6, 6.07) is 18.4. The summed E-state index contributed by atoms with van der Waals surface area (Å²) < 4.78 is 14.8. The van der Waals surface area contributed by atoms with E-state index in [4.69, 9.17) is 0 Å². The van der Waals surface area contributed by atoms with Crippen molar-refractivity contribution in [2.24, 2.45) is 4.99 Å². The second-order valence-corrected chi connectivity index (χ2v) is 7.33. The number of halogens is 2. The maximum absolute atomic E-state index is 14.0. The van der Waals surface area contributed by atoms with Gasteiger partial charge in [0.1, 0.15) is 17.3 Å². The maximum Gasteiger partial charge on any atom is 0.196 e. The van der Waals surface area contributed by atoms with Gasteiger partial charge >= 0.3 is 0 Å². The molecule has 0 fully saturated rings. The number of hydrogen-bond donors (Lipinski definition) is 4. The van der Waals surface area contributed by atoms with Gasteiger partial charge in [-0.2, -0.15) is 0 Å². The van der Waals surface area contributed by atoms with Crippen LogP contribution in [0, 0.1) is 5.82 Å². The number of anilines is 1. The number of hydrogen-bond acceptors (Lipinski definition) is 3. The van der Waals surface area contributed by atoms with Gasteiger partial charge in [-0.1, -0.05) is 34.1 Å². The Morgan fingerprint density at radius 2 is 1.76 bits per heavy atom. The molecule has 0 aliphatic heterocycles. The monoisotopic (exact) mass is 457 g/mol. The van der Waals surface area contributed by atoms with E-state index in [1.165, 1.54) is 6.07 Å². The molecule has 0 aromatic heterocycles. The van der Waals surface area contributed by atoms with Gasteiger partial charge in [0.05, 0.1) is 6.54 Å². The van der Waals surface area contributed by atoms with E-state index in [1.807, 2.05) is 12.1 Å². The van der Waals surface area contributed by atoms with E-state index in [9.17, 15) is 14.6 Å². The lowest BCUT2D eigenvalue weighted by Crippen LogP contribution is -2.32.